The molecular weight excluding hydrogens is 276 g/mol. The van der Waals surface area contributed by atoms with Crippen LogP contribution in [0.4, 0.5) is 8.78 Å². The molecule has 2 rings (SSSR count). The predicted molar refractivity (Wildman–Crippen MR) is 72.6 cm³/mol. The van der Waals surface area contributed by atoms with E-state index in [4.69, 9.17) is 5.26 Å². The third-order valence-corrected chi connectivity index (χ3v) is 2.62. The summed E-state index contributed by atoms with van der Waals surface area (Å²) >= 11 is 0. The average Bonchev–Trinajstić information content (AvgIpc) is 2.48. The molecule has 1 amide bonds. The lowest BCUT2D eigenvalue weighted by Gasteiger charge is -2.02. The number of nitrogens with zero attached hydrogens (tertiary/aromatic N) is 2. The minimum Gasteiger partial charge on any atom is -0.267 e. The number of halogens is 2. The predicted octanol–water partition coefficient (Wildman–Crippen LogP) is 2.60. The maximum Gasteiger partial charge on any atom is 0.274 e. The average molecular weight is 285 g/mol. The van der Waals surface area contributed by atoms with Gasteiger partial charge < -0.3 is 0 Å². The zero-order chi connectivity index (χ0) is 15.2. The molecule has 104 valence electrons. The lowest BCUT2D eigenvalue weighted by molar-refractivity contribution is 0.0951. The smallest absolute Gasteiger partial charge is 0.267 e. The summed E-state index contributed by atoms with van der Waals surface area (Å²) < 4.78 is 26.9. The number of rotatable bonds is 3. The van der Waals surface area contributed by atoms with E-state index < -0.39 is 17.5 Å². The van der Waals surface area contributed by atoms with E-state index >= 15 is 0 Å². The number of amides is 1. The van der Waals surface area contributed by atoms with Crippen molar-refractivity contribution in [2.75, 3.05) is 0 Å². The lowest BCUT2D eigenvalue weighted by Crippen LogP contribution is -2.19. The van der Waals surface area contributed by atoms with Gasteiger partial charge in [0, 0.05) is 5.56 Å². The van der Waals surface area contributed by atoms with E-state index in [0.717, 1.165) is 12.3 Å². The summed E-state index contributed by atoms with van der Waals surface area (Å²) in [6.45, 7) is 0. The van der Waals surface area contributed by atoms with Crippen molar-refractivity contribution in [1.29, 1.82) is 5.26 Å². The SMILES string of the molecule is N#Cc1ccc(C(=O)N/N=C\c2ccccc2F)c(F)c1. The molecule has 0 unspecified atom stereocenters. The van der Waals surface area contributed by atoms with Crippen molar-refractivity contribution in [3.8, 4) is 6.07 Å². The highest BCUT2D eigenvalue weighted by atomic mass is 19.1. The van der Waals surface area contributed by atoms with Gasteiger partial charge in [0.05, 0.1) is 23.4 Å². The van der Waals surface area contributed by atoms with Gasteiger partial charge in [-0.1, -0.05) is 18.2 Å². The number of nitrogens with one attached hydrogen (secondary N) is 1. The largest absolute Gasteiger partial charge is 0.274 e. The quantitative estimate of drug-likeness (QED) is 0.696. The normalized spacial score (nSPS) is 10.3. The van der Waals surface area contributed by atoms with Crippen molar-refractivity contribution in [3.05, 3.63) is 70.8 Å². The van der Waals surface area contributed by atoms with Crippen molar-refractivity contribution in [1.82, 2.24) is 5.43 Å². The zero-order valence-corrected chi connectivity index (χ0v) is 10.7. The summed E-state index contributed by atoms with van der Waals surface area (Å²) in [5.74, 6) is -2.10. The van der Waals surface area contributed by atoms with Crippen LogP contribution in [0.1, 0.15) is 21.5 Å². The van der Waals surface area contributed by atoms with Gasteiger partial charge in [0.25, 0.3) is 5.91 Å². The van der Waals surface area contributed by atoms with E-state index in [0.29, 0.717) is 0 Å². The second-order valence-corrected chi connectivity index (χ2v) is 4.03. The van der Waals surface area contributed by atoms with Crippen LogP contribution in [-0.2, 0) is 0 Å². The van der Waals surface area contributed by atoms with Gasteiger partial charge in [0.15, 0.2) is 0 Å². The molecule has 0 radical (unpaired) electrons. The summed E-state index contributed by atoms with van der Waals surface area (Å²) in [4.78, 5) is 11.7. The number of hydrazone groups is 1. The summed E-state index contributed by atoms with van der Waals surface area (Å²) in [6.07, 6.45) is 1.12. The highest BCUT2D eigenvalue weighted by Gasteiger charge is 2.11. The molecule has 0 aliphatic carbocycles. The highest BCUT2D eigenvalue weighted by Crippen LogP contribution is 2.10. The second-order valence-electron chi connectivity index (χ2n) is 4.03. The first kappa shape index (κ1) is 14.3. The molecule has 0 spiro atoms. The maximum atomic E-state index is 13.6. The first-order valence-electron chi connectivity index (χ1n) is 5.89. The van der Waals surface area contributed by atoms with E-state index in [-0.39, 0.29) is 16.7 Å². The van der Waals surface area contributed by atoms with E-state index in [2.05, 4.69) is 10.5 Å². The van der Waals surface area contributed by atoms with Crippen LogP contribution < -0.4 is 5.43 Å². The van der Waals surface area contributed by atoms with Gasteiger partial charge in [-0.15, -0.1) is 0 Å². The van der Waals surface area contributed by atoms with Gasteiger partial charge in [0.1, 0.15) is 11.6 Å². The van der Waals surface area contributed by atoms with Crippen LogP contribution in [0.25, 0.3) is 0 Å². The van der Waals surface area contributed by atoms with E-state index in [1.165, 1.54) is 30.3 Å². The summed E-state index contributed by atoms with van der Waals surface area (Å²) in [5, 5.41) is 12.2. The molecule has 0 heterocycles. The number of nitriles is 1. The third-order valence-electron chi connectivity index (χ3n) is 2.62. The summed E-state index contributed by atoms with van der Waals surface area (Å²) in [7, 11) is 0. The van der Waals surface area contributed by atoms with Gasteiger partial charge in [0.2, 0.25) is 0 Å². The molecule has 2 aromatic carbocycles. The molecule has 0 fully saturated rings. The molecule has 0 saturated carbocycles. The van der Waals surface area contributed by atoms with Crippen molar-refractivity contribution >= 4 is 12.1 Å². The topological polar surface area (TPSA) is 65.2 Å². The van der Waals surface area contributed by atoms with Crippen LogP contribution in [0.15, 0.2) is 47.6 Å². The minimum atomic E-state index is -0.826. The molecule has 6 heteroatoms. The fourth-order valence-electron chi connectivity index (χ4n) is 1.57. The molecule has 2 aromatic rings. The standard InChI is InChI=1S/C15H9F2N3O/c16-13-4-2-1-3-11(13)9-19-20-15(21)12-6-5-10(8-18)7-14(12)17/h1-7,9H,(H,20,21)/b19-9-. The van der Waals surface area contributed by atoms with Crippen molar-refractivity contribution in [2.24, 2.45) is 5.10 Å². The van der Waals surface area contributed by atoms with E-state index in [9.17, 15) is 13.6 Å². The summed E-state index contributed by atoms with van der Waals surface area (Å²) in [5.41, 5.74) is 2.15. The minimum absolute atomic E-state index is 0.110. The van der Waals surface area contributed by atoms with E-state index in [1.54, 1.807) is 12.1 Å². The fourth-order valence-corrected chi connectivity index (χ4v) is 1.57. The number of carbonyl (C=O) groups is 1. The lowest BCUT2D eigenvalue weighted by atomic mass is 10.1. The Hall–Kier alpha value is -3.07. The maximum absolute atomic E-state index is 13.6. The van der Waals surface area contributed by atoms with Gasteiger partial charge in [-0.05, 0) is 24.3 Å². The highest BCUT2D eigenvalue weighted by molar-refractivity contribution is 5.95. The van der Waals surface area contributed by atoms with E-state index in [1.807, 2.05) is 0 Å². The van der Waals surface area contributed by atoms with Crippen LogP contribution in [-0.4, -0.2) is 12.1 Å². The summed E-state index contributed by atoms with van der Waals surface area (Å²) in [6, 6.07) is 11.1. The Morgan fingerprint density at radius 1 is 1.19 bits per heavy atom. The number of hydrogen-bond acceptors (Lipinski definition) is 3. The van der Waals surface area contributed by atoms with Crippen molar-refractivity contribution < 1.29 is 13.6 Å². The number of benzene rings is 2. The molecule has 1 N–H and O–H groups in total. The molecule has 0 atom stereocenters. The zero-order valence-electron chi connectivity index (χ0n) is 10.7. The molecular formula is C15H9F2N3O. The van der Waals surface area contributed by atoms with Crippen molar-refractivity contribution in [2.45, 2.75) is 0 Å². The molecule has 4 nitrogen and oxygen atoms in total. The molecule has 21 heavy (non-hydrogen) atoms. The monoisotopic (exact) mass is 285 g/mol. The molecule has 0 aliphatic heterocycles. The molecule has 0 bridgehead atoms. The van der Waals surface area contributed by atoms with Gasteiger partial charge >= 0.3 is 0 Å². The van der Waals surface area contributed by atoms with Crippen LogP contribution in [0.5, 0.6) is 0 Å². The Labute approximate surface area is 119 Å². The van der Waals surface area contributed by atoms with Gasteiger partial charge in [-0.3, -0.25) is 4.79 Å². The van der Waals surface area contributed by atoms with Crippen molar-refractivity contribution in [3.63, 3.8) is 0 Å². The van der Waals surface area contributed by atoms with Crippen LogP contribution in [0.2, 0.25) is 0 Å². The third kappa shape index (κ3) is 3.48. The Bertz CT molecular complexity index is 751. The van der Waals surface area contributed by atoms with Gasteiger partial charge in [-0.2, -0.15) is 10.4 Å². The van der Waals surface area contributed by atoms with Crippen LogP contribution in [0, 0.1) is 23.0 Å². The fraction of sp³-hybridized carbons (Fsp3) is 0. The van der Waals surface area contributed by atoms with Crippen LogP contribution in [0.3, 0.4) is 0 Å². The number of carbonyl (C=O) groups excluding carboxylic acids is 1. The molecule has 0 aromatic heterocycles. The Morgan fingerprint density at radius 3 is 2.62 bits per heavy atom. The molecule has 0 aliphatic rings. The van der Waals surface area contributed by atoms with Gasteiger partial charge in [-0.25, -0.2) is 14.2 Å². The Morgan fingerprint density at radius 2 is 1.95 bits per heavy atom. The van der Waals surface area contributed by atoms with Crippen LogP contribution >= 0.6 is 0 Å². The second kappa shape index (κ2) is 6.39. The first-order valence-corrected chi connectivity index (χ1v) is 5.89. The number of hydrogen-bond donors (Lipinski definition) is 1. The molecule has 0 saturated heterocycles. The Kier molecular flexibility index (Phi) is 4.36. The Balaban J connectivity index is 2.09. The first-order chi connectivity index (χ1) is 10.1.